The first-order valence-electron chi connectivity index (χ1n) is 20.6. The second kappa shape index (κ2) is 20.5. The van der Waals surface area contributed by atoms with Crippen LogP contribution in [-0.2, 0) is 19.2 Å². The molecular weight excluding hydrogens is 812 g/mol. The third-order valence-corrected chi connectivity index (χ3v) is 10.7. The molecule has 1 fully saturated rings. The maximum atomic E-state index is 13.2. The Morgan fingerprint density at radius 2 is 1.50 bits per heavy atom. The normalized spacial score (nSPS) is 14.6. The molecule has 2 aliphatic rings. The number of carbonyl (C=O) groups excluding carboxylic acids is 6. The Morgan fingerprint density at radius 1 is 0.774 bits per heavy atom. The summed E-state index contributed by atoms with van der Waals surface area (Å²) in [5, 5.41) is 11.5. The molecule has 0 aliphatic carbocycles. The lowest BCUT2D eigenvalue weighted by Crippen LogP contribution is -2.54. The molecule has 1 saturated heterocycles. The van der Waals surface area contributed by atoms with E-state index in [0.29, 0.717) is 41.0 Å². The number of nitrogens with one attached hydrogen (secondary N) is 4. The van der Waals surface area contributed by atoms with Crippen LogP contribution in [0.15, 0.2) is 97.5 Å². The van der Waals surface area contributed by atoms with Gasteiger partial charge < -0.3 is 20.7 Å². The summed E-state index contributed by atoms with van der Waals surface area (Å²) in [7, 11) is 0. The molecule has 4 heterocycles. The SMILES string of the molecule is O=C(COc1cccc2c1C(=O)N(C1CCC(=O)NC1=O)C2=O)NCCCCCCCCCC(=O)Nc1cncc(Nc2ncc(Cl)c(-c3cccc(-c4ccccc4)c3)n2)c1. The molecule has 16 heteroatoms. The molecule has 7 rings (SSSR count). The maximum Gasteiger partial charge on any atom is 0.266 e. The second-order valence-corrected chi connectivity index (χ2v) is 15.4. The molecule has 0 bridgehead atoms. The van der Waals surface area contributed by atoms with E-state index < -0.39 is 29.7 Å². The number of imide groups is 2. The lowest BCUT2D eigenvalue weighted by atomic mass is 10.0. The number of rotatable bonds is 19. The fourth-order valence-electron chi connectivity index (χ4n) is 7.36. The third kappa shape index (κ3) is 10.8. The number of anilines is 3. The van der Waals surface area contributed by atoms with E-state index in [1.165, 1.54) is 12.1 Å². The molecule has 62 heavy (non-hydrogen) atoms. The summed E-state index contributed by atoms with van der Waals surface area (Å²) in [4.78, 5) is 89.5. The minimum Gasteiger partial charge on any atom is -0.483 e. The van der Waals surface area contributed by atoms with Crippen LogP contribution in [0.3, 0.4) is 0 Å². The van der Waals surface area contributed by atoms with Crippen molar-refractivity contribution in [2.45, 2.75) is 70.3 Å². The molecule has 0 radical (unpaired) electrons. The van der Waals surface area contributed by atoms with Crippen LogP contribution in [0.5, 0.6) is 5.75 Å². The number of amides is 6. The molecule has 0 spiro atoms. The number of fused-ring (bicyclic) bond motifs is 1. The number of ether oxygens (including phenoxy) is 1. The topological polar surface area (TPSA) is 202 Å². The van der Waals surface area contributed by atoms with Crippen LogP contribution in [0, 0.1) is 0 Å². The second-order valence-electron chi connectivity index (χ2n) is 15.0. The number of carbonyl (C=O) groups is 6. The van der Waals surface area contributed by atoms with Crippen molar-refractivity contribution in [2.24, 2.45) is 0 Å². The number of aromatic nitrogens is 3. The van der Waals surface area contributed by atoms with Crippen LogP contribution >= 0.6 is 11.6 Å². The van der Waals surface area contributed by atoms with E-state index in [9.17, 15) is 28.8 Å². The zero-order valence-corrected chi connectivity index (χ0v) is 34.6. The van der Waals surface area contributed by atoms with Crippen molar-refractivity contribution < 1.29 is 33.5 Å². The number of hydrogen-bond donors (Lipinski definition) is 4. The summed E-state index contributed by atoms with van der Waals surface area (Å²) in [5.74, 6) is -2.56. The number of unbranched alkanes of at least 4 members (excludes halogenated alkanes) is 6. The predicted molar refractivity (Wildman–Crippen MR) is 233 cm³/mol. The van der Waals surface area contributed by atoms with E-state index in [1.54, 1.807) is 30.7 Å². The first-order chi connectivity index (χ1) is 30.1. The first kappa shape index (κ1) is 43.1. The Kier molecular flexibility index (Phi) is 14.3. The van der Waals surface area contributed by atoms with Crippen LogP contribution in [0.2, 0.25) is 5.02 Å². The lowest BCUT2D eigenvalue weighted by Gasteiger charge is -2.27. The highest BCUT2D eigenvalue weighted by atomic mass is 35.5. The Morgan fingerprint density at radius 3 is 2.31 bits per heavy atom. The lowest BCUT2D eigenvalue weighted by molar-refractivity contribution is -0.136. The molecule has 5 aromatic rings. The Hall–Kier alpha value is -7.00. The van der Waals surface area contributed by atoms with Gasteiger partial charge in [-0.3, -0.25) is 44.0 Å². The van der Waals surface area contributed by atoms with Gasteiger partial charge in [0.15, 0.2) is 6.61 Å². The van der Waals surface area contributed by atoms with E-state index in [1.807, 2.05) is 54.6 Å². The predicted octanol–water partition coefficient (Wildman–Crippen LogP) is 7.26. The molecule has 15 nitrogen and oxygen atoms in total. The van der Waals surface area contributed by atoms with Gasteiger partial charge in [0.2, 0.25) is 23.7 Å². The molecular formula is C46H45ClN8O7. The number of nitrogens with zero attached hydrogens (tertiary/aromatic N) is 4. The van der Waals surface area contributed by atoms with Gasteiger partial charge >= 0.3 is 0 Å². The van der Waals surface area contributed by atoms with Crippen LogP contribution in [0.1, 0.15) is 84.9 Å². The van der Waals surface area contributed by atoms with Crippen molar-refractivity contribution in [1.82, 2.24) is 30.5 Å². The summed E-state index contributed by atoms with van der Waals surface area (Å²) in [6.07, 6.45) is 11.5. The van der Waals surface area contributed by atoms with Gasteiger partial charge in [-0.15, -0.1) is 0 Å². The van der Waals surface area contributed by atoms with Gasteiger partial charge in [-0.25, -0.2) is 9.97 Å². The third-order valence-electron chi connectivity index (χ3n) is 10.5. The Bertz CT molecular complexity index is 2480. The van der Waals surface area contributed by atoms with Gasteiger partial charge in [-0.2, -0.15) is 0 Å². The van der Waals surface area contributed by atoms with Gasteiger partial charge in [-0.1, -0.05) is 98.3 Å². The molecule has 0 saturated carbocycles. The molecule has 3 aromatic carbocycles. The molecule has 2 aliphatic heterocycles. The largest absolute Gasteiger partial charge is 0.483 e. The number of benzene rings is 3. The van der Waals surface area contributed by atoms with E-state index in [-0.39, 0.29) is 48.1 Å². The molecule has 318 valence electrons. The summed E-state index contributed by atoms with van der Waals surface area (Å²) in [5.41, 5.74) is 4.80. The monoisotopic (exact) mass is 856 g/mol. The van der Waals surface area contributed by atoms with Crippen molar-refractivity contribution in [2.75, 3.05) is 23.8 Å². The van der Waals surface area contributed by atoms with Crippen molar-refractivity contribution in [3.05, 3.63) is 114 Å². The molecule has 1 unspecified atom stereocenters. The van der Waals surface area contributed by atoms with E-state index in [0.717, 1.165) is 66.5 Å². The highest BCUT2D eigenvalue weighted by molar-refractivity contribution is 6.33. The zero-order chi connectivity index (χ0) is 43.4. The number of pyridine rings is 1. The van der Waals surface area contributed by atoms with Gasteiger partial charge in [-0.05, 0) is 54.7 Å². The minimum absolute atomic E-state index is 0.00559. The maximum absolute atomic E-state index is 13.2. The summed E-state index contributed by atoms with van der Waals surface area (Å²) >= 11 is 6.53. The number of halogens is 1. The van der Waals surface area contributed by atoms with Crippen LogP contribution in [-0.4, -0.2) is 74.5 Å². The highest BCUT2D eigenvalue weighted by Crippen LogP contribution is 2.34. The van der Waals surface area contributed by atoms with Crippen molar-refractivity contribution >= 4 is 64.4 Å². The quantitative estimate of drug-likeness (QED) is 0.0481. The smallest absolute Gasteiger partial charge is 0.266 e. The van der Waals surface area contributed by atoms with Gasteiger partial charge in [0, 0.05) is 24.9 Å². The first-order valence-corrected chi connectivity index (χ1v) is 21.0. The average molecular weight is 857 g/mol. The van der Waals surface area contributed by atoms with Gasteiger partial charge in [0.05, 0.1) is 51.8 Å². The van der Waals surface area contributed by atoms with E-state index >= 15 is 0 Å². The Balaban J connectivity index is 0.760. The summed E-state index contributed by atoms with van der Waals surface area (Å²) < 4.78 is 5.64. The fourth-order valence-corrected chi connectivity index (χ4v) is 7.56. The minimum atomic E-state index is -1.09. The molecule has 4 N–H and O–H groups in total. The molecule has 2 aromatic heterocycles. The van der Waals surface area contributed by atoms with Crippen molar-refractivity contribution in [1.29, 1.82) is 0 Å². The highest BCUT2D eigenvalue weighted by Gasteiger charge is 2.46. The number of piperidine rings is 1. The van der Waals surface area contributed by atoms with Crippen LogP contribution < -0.4 is 26.0 Å². The standard InChI is InChI=1S/C46H45ClN8O7/c47-35-27-50-46(54-42(35)31-16-11-15-30(23-31)29-13-7-6-8-14-29)52-33-24-32(25-48-26-33)51-38(56)19-9-4-2-1-3-5-10-22-49-40(58)28-62-37-18-12-17-34-41(37)45(61)55(44(34)60)36-20-21-39(57)53-43(36)59/h6-8,11-18,23-27,36H,1-5,9-10,19-22,28H2,(H,49,58)(H,51,56)(H,50,52,54)(H,53,57,59). The summed E-state index contributed by atoms with van der Waals surface area (Å²) in [6.45, 7) is 0.104. The fraction of sp³-hybridized carbons (Fsp3) is 0.283. The van der Waals surface area contributed by atoms with Crippen molar-refractivity contribution in [3.8, 4) is 28.1 Å². The van der Waals surface area contributed by atoms with Gasteiger partial charge in [0.1, 0.15) is 11.8 Å². The van der Waals surface area contributed by atoms with Crippen LogP contribution in [0.4, 0.5) is 17.3 Å². The Labute approximate surface area is 363 Å². The van der Waals surface area contributed by atoms with Crippen LogP contribution in [0.25, 0.3) is 22.4 Å². The average Bonchev–Trinajstić information content (AvgIpc) is 3.53. The molecule has 1 atom stereocenters. The summed E-state index contributed by atoms with van der Waals surface area (Å²) in [6, 6.07) is 23.2. The zero-order valence-electron chi connectivity index (χ0n) is 33.8. The van der Waals surface area contributed by atoms with E-state index in [2.05, 4.69) is 36.2 Å². The molecule has 6 amide bonds. The number of hydrogen-bond acceptors (Lipinski definition) is 11. The van der Waals surface area contributed by atoms with Crippen molar-refractivity contribution in [3.63, 3.8) is 0 Å². The van der Waals surface area contributed by atoms with Gasteiger partial charge in [0.25, 0.3) is 17.7 Å². The van der Waals surface area contributed by atoms with E-state index in [4.69, 9.17) is 16.3 Å².